The molecule has 0 aromatic heterocycles. The maximum absolute atomic E-state index is 12.2. The van der Waals surface area contributed by atoms with Gasteiger partial charge in [0.1, 0.15) is 0 Å². The summed E-state index contributed by atoms with van der Waals surface area (Å²) in [4.78, 5) is 14.1. The number of carbonyl (C=O) groups excluding carboxylic acids is 1. The highest BCUT2D eigenvalue weighted by molar-refractivity contribution is 5.95. The van der Waals surface area contributed by atoms with Crippen molar-refractivity contribution in [3.8, 4) is 0 Å². The van der Waals surface area contributed by atoms with Crippen LogP contribution in [0, 0.1) is 0 Å². The minimum Gasteiger partial charge on any atom is -0.337 e. The average molecular weight is 255 g/mol. The normalized spacial score (nSPS) is 18.9. The number of halogens is 1. The van der Waals surface area contributed by atoms with Crippen LogP contribution >= 0.6 is 12.4 Å². The highest BCUT2D eigenvalue weighted by atomic mass is 35.5. The van der Waals surface area contributed by atoms with Crippen LogP contribution in [0.2, 0.25) is 0 Å². The monoisotopic (exact) mass is 254 g/mol. The number of rotatable bonds is 2. The molecule has 17 heavy (non-hydrogen) atoms. The average Bonchev–Trinajstić information content (AvgIpc) is 2.75. The smallest absolute Gasteiger partial charge is 0.254 e. The van der Waals surface area contributed by atoms with E-state index in [1.165, 1.54) is 0 Å². The Morgan fingerprint density at radius 2 is 2.18 bits per heavy atom. The Morgan fingerprint density at radius 3 is 2.76 bits per heavy atom. The summed E-state index contributed by atoms with van der Waals surface area (Å²) in [6.07, 6.45) is 1.81. The summed E-state index contributed by atoms with van der Waals surface area (Å²) in [6.45, 7) is 3.55. The number of aryl methyl sites for hydroxylation is 1. The summed E-state index contributed by atoms with van der Waals surface area (Å²) >= 11 is 0. The van der Waals surface area contributed by atoms with Crippen LogP contribution < -0.4 is 5.73 Å². The van der Waals surface area contributed by atoms with Crippen LogP contribution in [0.3, 0.4) is 0 Å². The van der Waals surface area contributed by atoms with Crippen LogP contribution in [0.5, 0.6) is 0 Å². The molecule has 2 rings (SSSR count). The molecule has 0 spiro atoms. The SMILES string of the molecule is CCc1ccccc1C(=O)N1CCC(N)C1.Cl. The Hall–Kier alpha value is -1.06. The molecular weight excluding hydrogens is 236 g/mol. The topological polar surface area (TPSA) is 46.3 Å². The molecule has 1 aliphatic heterocycles. The first-order chi connectivity index (χ1) is 7.72. The van der Waals surface area contributed by atoms with E-state index >= 15 is 0 Å². The van der Waals surface area contributed by atoms with Crippen molar-refractivity contribution in [2.45, 2.75) is 25.8 Å². The molecule has 1 saturated heterocycles. The van der Waals surface area contributed by atoms with E-state index < -0.39 is 0 Å². The summed E-state index contributed by atoms with van der Waals surface area (Å²) < 4.78 is 0. The van der Waals surface area contributed by atoms with E-state index in [2.05, 4.69) is 6.92 Å². The van der Waals surface area contributed by atoms with Gasteiger partial charge in [0.25, 0.3) is 5.91 Å². The zero-order valence-electron chi connectivity index (χ0n) is 10.1. The summed E-state index contributed by atoms with van der Waals surface area (Å²) in [7, 11) is 0. The van der Waals surface area contributed by atoms with Crippen molar-refractivity contribution in [2.24, 2.45) is 5.73 Å². The fraction of sp³-hybridized carbons (Fsp3) is 0.462. The number of nitrogens with two attached hydrogens (primary N) is 1. The first-order valence-corrected chi connectivity index (χ1v) is 5.85. The Labute approximate surface area is 108 Å². The highest BCUT2D eigenvalue weighted by Gasteiger charge is 2.25. The van der Waals surface area contributed by atoms with Gasteiger partial charge in [-0.25, -0.2) is 0 Å². The summed E-state index contributed by atoms with van der Waals surface area (Å²) in [5.74, 6) is 0.130. The molecule has 4 heteroatoms. The van der Waals surface area contributed by atoms with Crippen LogP contribution in [0.1, 0.15) is 29.3 Å². The number of hydrogen-bond acceptors (Lipinski definition) is 2. The third-order valence-corrected chi connectivity index (χ3v) is 3.14. The van der Waals surface area contributed by atoms with Crippen molar-refractivity contribution in [1.82, 2.24) is 4.90 Å². The summed E-state index contributed by atoms with van der Waals surface area (Å²) in [5.41, 5.74) is 7.77. The van der Waals surface area contributed by atoms with Gasteiger partial charge in [0.15, 0.2) is 0 Å². The van der Waals surface area contributed by atoms with Gasteiger partial charge in [0, 0.05) is 24.7 Å². The Bertz CT molecular complexity index is 395. The summed E-state index contributed by atoms with van der Waals surface area (Å²) in [6, 6.07) is 7.97. The van der Waals surface area contributed by atoms with E-state index in [0.29, 0.717) is 6.54 Å². The lowest BCUT2D eigenvalue weighted by Gasteiger charge is -2.17. The van der Waals surface area contributed by atoms with Gasteiger partial charge >= 0.3 is 0 Å². The molecule has 1 atom stereocenters. The van der Waals surface area contributed by atoms with Crippen LogP contribution in [-0.4, -0.2) is 29.9 Å². The molecule has 0 saturated carbocycles. The van der Waals surface area contributed by atoms with Crippen molar-refractivity contribution in [3.05, 3.63) is 35.4 Å². The molecule has 0 radical (unpaired) electrons. The van der Waals surface area contributed by atoms with Crippen molar-refractivity contribution in [3.63, 3.8) is 0 Å². The Morgan fingerprint density at radius 1 is 1.47 bits per heavy atom. The predicted octanol–water partition coefficient (Wildman–Crippen LogP) is 1.84. The van der Waals surface area contributed by atoms with E-state index in [4.69, 9.17) is 5.73 Å². The lowest BCUT2D eigenvalue weighted by molar-refractivity contribution is 0.0790. The van der Waals surface area contributed by atoms with E-state index in [1.807, 2.05) is 29.2 Å². The standard InChI is InChI=1S/C13H18N2O.ClH/c1-2-10-5-3-4-6-12(10)13(16)15-8-7-11(14)9-15;/h3-6,11H,2,7-9,14H2,1H3;1H. The molecule has 1 aromatic carbocycles. The first kappa shape index (κ1) is 14.0. The zero-order chi connectivity index (χ0) is 11.5. The highest BCUT2D eigenvalue weighted by Crippen LogP contribution is 2.16. The molecule has 1 heterocycles. The van der Waals surface area contributed by atoms with E-state index in [-0.39, 0.29) is 24.4 Å². The van der Waals surface area contributed by atoms with E-state index in [9.17, 15) is 4.79 Å². The molecule has 1 fully saturated rings. The van der Waals surface area contributed by atoms with E-state index in [1.54, 1.807) is 0 Å². The summed E-state index contributed by atoms with van der Waals surface area (Å²) in [5, 5.41) is 0. The molecule has 0 bridgehead atoms. The molecule has 2 N–H and O–H groups in total. The van der Waals surface area contributed by atoms with Gasteiger partial charge in [-0.1, -0.05) is 25.1 Å². The fourth-order valence-electron chi connectivity index (χ4n) is 2.18. The maximum Gasteiger partial charge on any atom is 0.254 e. The fourth-order valence-corrected chi connectivity index (χ4v) is 2.18. The number of nitrogens with zero attached hydrogens (tertiary/aromatic N) is 1. The van der Waals surface area contributed by atoms with Gasteiger partial charge in [0.2, 0.25) is 0 Å². The number of likely N-dealkylation sites (tertiary alicyclic amines) is 1. The van der Waals surface area contributed by atoms with Gasteiger partial charge in [-0.2, -0.15) is 0 Å². The maximum atomic E-state index is 12.2. The van der Waals surface area contributed by atoms with Gasteiger partial charge in [-0.15, -0.1) is 12.4 Å². The number of amides is 1. The second kappa shape index (κ2) is 6.03. The van der Waals surface area contributed by atoms with Crippen LogP contribution in [0.4, 0.5) is 0 Å². The van der Waals surface area contributed by atoms with Crippen LogP contribution in [-0.2, 0) is 6.42 Å². The van der Waals surface area contributed by atoms with E-state index in [0.717, 1.165) is 30.5 Å². The molecule has 1 amide bonds. The number of hydrogen-bond donors (Lipinski definition) is 1. The lowest BCUT2D eigenvalue weighted by atomic mass is 10.0. The Balaban J connectivity index is 0.00000144. The molecular formula is C13H19ClN2O. The molecule has 1 aliphatic rings. The molecule has 3 nitrogen and oxygen atoms in total. The predicted molar refractivity (Wildman–Crippen MR) is 71.6 cm³/mol. The quantitative estimate of drug-likeness (QED) is 0.876. The van der Waals surface area contributed by atoms with Gasteiger partial charge < -0.3 is 10.6 Å². The lowest BCUT2D eigenvalue weighted by Crippen LogP contribution is -2.32. The van der Waals surface area contributed by atoms with Crippen LogP contribution in [0.15, 0.2) is 24.3 Å². The second-order valence-corrected chi connectivity index (χ2v) is 4.31. The van der Waals surface area contributed by atoms with Crippen molar-refractivity contribution in [1.29, 1.82) is 0 Å². The Kier molecular flexibility index (Phi) is 4.97. The molecule has 1 aromatic rings. The second-order valence-electron chi connectivity index (χ2n) is 4.31. The zero-order valence-corrected chi connectivity index (χ0v) is 10.9. The third kappa shape index (κ3) is 2.99. The molecule has 1 unspecified atom stereocenters. The van der Waals surface area contributed by atoms with Crippen LogP contribution in [0.25, 0.3) is 0 Å². The van der Waals surface area contributed by atoms with Crippen molar-refractivity contribution >= 4 is 18.3 Å². The van der Waals surface area contributed by atoms with Gasteiger partial charge in [-0.3, -0.25) is 4.79 Å². The largest absolute Gasteiger partial charge is 0.337 e. The minimum absolute atomic E-state index is 0. The van der Waals surface area contributed by atoms with Gasteiger partial charge in [0.05, 0.1) is 0 Å². The van der Waals surface area contributed by atoms with Crippen molar-refractivity contribution in [2.75, 3.05) is 13.1 Å². The molecule has 94 valence electrons. The first-order valence-electron chi connectivity index (χ1n) is 5.85. The number of carbonyl (C=O) groups is 1. The minimum atomic E-state index is 0. The van der Waals surface area contributed by atoms with Gasteiger partial charge in [-0.05, 0) is 24.5 Å². The number of benzene rings is 1. The molecule has 0 aliphatic carbocycles. The van der Waals surface area contributed by atoms with Crippen molar-refractivity contribution < 1.29 is 4.79 Å². The third-order valence-electron chi connectivity index (χ3n) is 3.14.